The van der Waals surface area contributed by atoms with E-state index in [4.69, 9.17) is 9.47 Å². The summed E-state index contributed by atoms with van der Waals surface area (Å²) in [6.07, 6.45) is 0.418. The Balaban J connectivity index is 1.48. The van der Waals surface area contributed by atoms with Crippen LogP contribution in [0.3, 0.4) is 0 Å². The molecular weight excluding hydrogens is 382 g/mol. The molecular formula is C20H23NO6S. The number of carbonyl (C=O) groups excluding carboxylic acids is 2. The molecule has 0 N–H and O–H groups in total. The zero-order valence-electron chi connectivity index (χ0n) is 15.7. The maximum absolute atomic E-state index is 12.3. The standard InChI is InChI=1S/C20H23NO6S/c1-2-21(17-9-10-28(24,25)14-17)19(22)12-27-20(23)13-26-18-8-7-15-5-3-4-6-16(15)11-18/h3-8,11,17H,2,9-10,12-14H2,1H3/t17-/m1/s1. The number of ether oxygens (including phenoxy) is 2. The zero-order chi connectivity index (χ0) is 20.1. The van der Waals surface area contributed by atoms with Gasteiger partial charge in [-0.25, -0.2) is 13.2 Å². The van der Waals surface area contributed by atoms with Crippen LogP contribution in [0.4, 0.5) is 0 Å². The number of hydrogen-bond donors (Lipinski definition) is 0. The van der Waals surface area contributed by atoms with Gasteiger partial charge in [-0.1, -0.05) is 30.3 Å². The molecule has 3 rings (SSSR count). The summed E-state index contributed by atoms with van der Waals surface area (Å²) in [4.78, 5) is 25.7. The van der Waals surface area contributed by atoms with E-state index >= 15 is 0 Å². The first-order chi connectivity index (χ1) is 13.4. The molecule has 0 aliphatic carbocycles. The van der Waals surface area contributed by atoms with E-state index in [-0.39, 0.29) is 24.2 Å². The van der Waals surface area contributed by atoms with Gasteiger partial charge in [0.25, 0.3) is 5.91 Å². The van der Waals surface area contributed by atoms with E-state index in [9.17, 15) is 18.0 Å². The lowest BCUT2D eigenvalue weighted by atomic mass is 10.1. The Hall–Kier alpha value is -2.61. The van der Waals surface area contributed by atoms with Gasteiger partial charge in [0.2, 0.25) is 0 Å². The Labute approximate surface area is 164 Å². The lowest BCUT2D eigenvalue weighted by molar-refractivity contribution is -0.154. The van der Waals surface area contributed by atoms with Crippen molar-refractivity contribution in [3.63, 3.8) is 0 Å². The highest BCUT2D eigenvalue weighted by Crippen LogP contribution is 2.20. The van der Waals surface area contributed by atoms with E-state index in [0.29, 0.717) is 18.7 Å². The van der Waals surface area contributed by atoms with Crippen LogP contribution in [-0.2, 0) is 24.2 Å². The molecule has 2 aromatic carbocycles. The molecule has 150 valence electrons. The highest BCUT2D eigenvalue weighted by molar-refractivity contribution is 7.91. The number of nitrogens with zero attached hydrogens (tertiary/aromatic N) is 1. The number of likely N-dealkylation sites (N-methyl/N-ethyl adjacent to an activating group) is 1. The second-order valence-corrected chi connectivity index (χ2v) is 8.92. The smallest absolute Gasteiger partial charge is 0.344 e. The SMILES string of the molecule is CCN(C(=O)COC(=O)COc1ccc2ccccc2c1)[C@@H]1CCS(=O)(=O)C1. The van der Waals surface area contributed by atoms with Crippen molar-refractivity contribution in [2.24, 2.45) is 0 Å². The fourth-order valence-corrected chi connectivity index (χ4v) is 5.06. The normalized spacial score (nSPS) is 18.0. The van der Waals surface area contributed by atoms with E-state index in [1.54, 1.807) is 13.0 Å². The molecule has 28 heavy (non-hydrogen) atoms. The van der Waals surface area contributed by atoms with Crippen LogP contribution in [0, 0.1) is 0 Å². The molecule has 2 aromatic rings. The Kier molecular flexibility index (Phi) is 6.18. The minimum absolute atomic E-state index is 0.0361. The average molecular weight is 405 g/mol. The summed E-state index contributed by atoms with van der Waals surface area (Å²) in [6, 6.07) is 12.9. The molecule has 1 aliphatic rings. The number of esters is 1. The van der Waals surface area contributed by atoms with Crippen LogP contribution in [0.15, 0.2) is 42.5 Å². The van der Waals surface area contributed by atoms with Gasteiger partial charge in [-0.15, -0.1) is 0 Å². The highest BCUT2D eigenvalue weighted by Gasteiger charge is 2.34. The monoisotopic (exact) mass is 405 g/mol. The van der Waals surface area contributed by atoms with Crippen molar-refractivity contribution in [2.75, 3.05) is 31.3 Å². The van der Waals surface area contributed by atoms with Crippen molar-refractivity contribution in [1.29, 1.82) is 0 Å². The van der Waals surface area contributed by atoms with Crippen LogP contribution >= 0.6 is 0 Å². The molecule has 1 saturated heterocycles. The maximum atomic E-state index is 12.3. The fourth-order valence-electron chi connectivity index (χ4n) is 3.33. The summed E-state index contributed by atoms with van der Waals surface area (Å²) in [5.74, 6) is -0.472. The van der Waals surface area contributed by atoms with Gasteiger partial charge in [0, 0.05) is 12.6 Å². The van der Waals surface area contributed by atoms with Gasteiger partial charge in [-0.3, -0.25) is 4.79 Å². The summed E-state index contributed by atoms with van der Waals surface area (Å²) in [5, 5.41) is 2.06. The van der Waals surface area contributed by atoms with Gasteiger partial charge in [-0.2, -0.15) is 0 Å². The van der Waals surface area contributed by atoms with Crippen LogP contribution < -0.4 is 4.74 Å². The molecule has 1 amide bonds. The van der Waals surface area contributed by atoms with Gasteiger partial charge in [0.05, 0.1) is 11.5 Å². The van der Waals surface area contributed by atoms with Gasteiger partial charge in [-0.05, 0) is 36.2 Å². The number of amides is 1. The predicted molar refractivity (Wildman–Crippen MR) is 105 cm³/mol. The van der Waals surface area contributed by atoms with Gasteiger partial charge in [0.15, 0.2) is 23.1 Å². The van der Waals surface area contributed by atoms with Gasteiger partial charge in [0.1, 0.15) is 5.75 Å². The quantitative estimate of drug-likeness (QED) is 0.653. The van der Waals surface area contributed by atoms with Crippen molar-refractivity contribution >= 4 is 32.5 Å². The van der Waals surface area contributed by atoms with Crippen LogP contribution in [0.2, 0.25) is 0 Å². The minimum Gasteiger partial charge on any atom is -0.482 e. The van der Waals surface area contributed by atoms with Crippen LogP contribution in [0.25, 0.3) is 10.8 Å². The second kappa shape index (κ2) is 8.60. The zero-order valence-corrected chi connectivity index (χ0v) is 16.5. The number of carbonyl (C=O) groups is 2. The Morgan fingerprint density at radius 2 is 1.86 bits per heavy atom. The van der Waals surface area contributed by atoms with Gasteiger partial charge >= 0.3 is 5.97 Å². The number of fused-ring (bicyclic) bond motifs is 1. The van der Waals surface area contributed by atoms with Crippen LogP contribution in [-0.4, -0.2) is 62.5 Å². The Bertz CT molecular complexity index is 972. The molecule has 0 spiro atoms. The van der Waals surface area contributed by atoms with E-state index in [0.717, 1.165) is 10.8 Å². The third kappa shape index (κ3) is 5.01. The number of rotatable bonds is 7. The number of hydrogen-bond acceptors (Lipinski definition) is 6. The third-order valence-electron chi connectivity index (χ3n) is 4.74. The summed E-state index contributed by atoms with van der Waals surface area (Å²) in [7, 11) is -3.09. The average Bonchev–Trinajstić information content (AvgIpc) is 3.04. The molecule has 0 bridgehead atoms. The van der Waals surface area contributed by atoms with Crippen LogP contribution in [0.1, 0.15) is 13.3 Å². The van der Waals surface area contributed by atoms with Crippen LogP contribution in [0.5, 0.6) is 5.75 Å². The lowest BCUT2D eigenvalue weighted by Gasteiger charge is -2.26. The van der Waals surface area contributed by atoms with Crippen molar-refractivity contribution in [2.45, 2.75) is 19.4 Å². The molecule has 0 aromatic heterocycles. The molecule has 7 nitrogen and oxygen atoms in total. The van der Waals surface area contributed by atoms with E-state index in [2.05, 4.69) is 0 Å². The molecule has 1 aliphatic heterocycles. The first kappa shape index (κ1) is 20.1. The lowest BCUT2D eigenvalue weighted by Crippen LogP contribution is -2.43. The summed E-state index contributed by atoms with van der Waals surface area (Å²) in [5.41, 5.74) is 0. The largest absolute Gasteiger partial charge is 0.482 e. The number of benzene rings is 2. The summed E-state index contributed by atoms with van der Waals surface area (Å²) < 4.78 is 33.7. The Morgan fingerprint density at radius 3 is 2.54 bits per heavy atom. The molecule has 8 heteroatoms. The number of sulfone groups is 1. The van der Waals surface area contributed by atoms with Gasteiger partial charge < -0.3 is 14.4 Å². The Morgan fingerprint density at radius 1 is 1.11 bits per heavy atom. The second-order valence-electron chi connectivity index (χ2n) is 6.69. The minimum atomic E-state index is -3.09. The molecule has 0 unspecified atom stereocenters. The molecule has 0 saturated carbocycles. The van der Waals surface area contributed by atoms with Crippen molar-refractivity contribution in [1.82, 2.24) is 4.90 Å². The molecule has 1 heterocycles. The first-order valence-corrected chi connectivity index (χ1v) is 11.0. The van der Waals surface area contributed by atoms with E-state index in [1.165, 1.54) is 4.90 Å². The van der Waals surface area contributed by atoms with Crippen molar-refractivity contribution in [3.05, 3.63) is 42.5 Å². The molecule has 1 fully saturated rings. The summed E-state index contributed by atoms with van der Waals surface area (Å²) in [6.45, 7) is 1.40. The maximum Gasteiger partial charge on any atom is 0.344 e. The third-order valence-corrected chi connectivity index (χ3v) is 6.49. The van der Waals surface area contributed by atoms with E-state index in [1.807, 2.05) is 36.4 Å². The van der Waals surface area contributed by atoms with E-state index < -0.39 is 28.3 Å². The topological polar surface area (TPSA) is 90.0 Å². The molecule has 1 atom stereocenters. The van der Waals surface area contributed by atoms with Crippen molar-refractivity contribution < 1.29 is 27.5 Å². The highest BCUT2D eigenvalue weighted by atomic mass is 32.2. The fraction of sp³-hybridized carbons (Fsp3) is 0.400. The molecule has 0 radical (unpaired) electrons. The van der Waals surface area contributed by atoms with Crippen molar-refractivity contribution in [3.8, 4) is 5.75 Å². The summed E-state index contributed by atoms with van der Waals surface area (Å²) >= 11 is 0. The predicted octanol–water partition coefficient (Wildman–Crippen LogP) is 1.80. The first-order valence-electron chi connectivity index (χ1n) is 9.15.